The Labute approximate surface area is 218 Å². The van der Waals surface area contributed by atoms with E-state index in [1.165, 1.54) is 0 Å². The standard InChI is InChI=1S/C31H33ClO4/c1-20-18-23-9-8-21(14-17-31(35)15-6-5-7-16-31)19-25(23)27(22-10-12-24(32)13-11-22)26(20)28(29(33)34)36-30(2,3)4/h8-13,18-19,28,35H,5-7,15-16H2,1-4H3,(H,33,34). The quantitative estimate of drug-likeness (QED) is 0.362. The van der Waals surface area contributed by atoms with Gasteiger partial charge in [0.2, 0.25) is 0 Å². The molecule has 36 heavy (non-hydrogen) atoms. The second-order valence-corrected chi connectivity index (χ2v) is 11.2. The maximum atomic E-state index is 12.5. The number of aryl methyl sites for hydroxylation is 1. The van der Waals surface area contributed by atoms with Crippen LogP contribution in [0.2, 0.25) is 5.02 Å². The lowest BCUT2D eigenvalue weighted by Gasteiger charge is -2.28. The van der Waals surface area contributed by atoms with Gasteiger partial charge in [-0.1, -0.05) is 54.1 Å². The minimum absolute atomic E-state index is 0.602. The van der Waals surface area contributed by atoms with Crippen LogP contribution in [0.1, 0.15) is 75.7 Å². The SMILES string of the molecule is Cc1cc2ccc(C#CC3(O)CCCCC3)cc2c(-c2ccc(Cl)cc2)c1C(OC(C)(C)C)C(=O)O. The molecule has 0 spiro atoms. The van der Waals surface area contributed by atoms with E-state index in [-0.39, 0.29) is 0 Å². The zero-order valence-electron chi connectivity index (χ0n) is 21.3. The van der Waals surface area contributed by atoms with E-state index in [0.29, 0.717) is 23.4 Å². The van der Waals surface area contributed by atoms with Crippen molar-refractivity contribution in [2.45, 2.75) is 77.1 Å². The predicted molar refractivity (Wildman–Crippen MR) is 145 cm³/mol. The molecule has 1 saturated carbocycles. The van der Waals surface area contributed by atoms with Gasteiger partial charge in [0.05, 0.1) is 5.60 Å². The lowest BCUT2D eigenvalue weighted by atomic mass is 9.85. The molecule has 0 aliphatic heterocycles. The first-order valence-corrected chi connectivity index (χ1v) is 12.8. The van der Waals surface area contributed by atoms with Crippen molar-refractivity contribution in [3.63, 3.8) is 0 Å². The normalized spacial score (nSPS) is 16.3. The fraction of sp³-hybridized carbons (Fsp3) is 0.387. The first kappa shape index (κ1) is 26.2. The summed E-state index contributed by atoms with van der Waals surface area (Å²) in [5.74, 6) is 5.26. The second kappa shape index (κ2) is 10.3. The van der Waals surface area contributed by atoms with Gasteiger partial charge in [0.15, 0.2) is 6.10 Å². The zero-order valence-corrected chi connectivity index (χ0v) is 22.1. The molecule has 3 aromatic rings. The number of carbonyl (C=O) groups is 1. The third-order valence-corrected chi connectivity index (χ3v) is 6.85. The van der Waals surface area contributed by atoms with E-state index >= 15 is 0 Å². The van der Waals surface area contributed by atoms with Crippen molar-refractivity contribution < 1.29 is 19.7 Å². The number of fused-ring (bicyclic) bond motifs is 1. The van der Waals surface area contributed by atoms with Crippen LogP contribution in [0.4, 0.5) is 0 Å². The average Bonchev–Trinajstić information content (AvgIpc) is 2.81. The van der Waals surface area contributed by atoms with Crippen molar-refractivity contribution in [2.24, 2.45) is 0 Å². The first-order chi connectivity index (χ1) is 17.0. The van der Waals surface area contributed by atoms with Crippen molar-refractivity contribution in [1.82, 2.24) is 0 Å². The summed E-state index contributed by atoms with van der Waals surface area (Å²) in [6, 6.07) is 15.3. The van der Waals surface area contributed by atoms with Crippen LogP contribution in [0, 0.1) is 18.8 Å². The molecule has 1 atom stereocenters. The molecule has 0 heterocycles. The highest BCUT2D eigenvalue weighted by Gasteiger charge is 2.31. The van der Waals surface area contributed by atoms with Crippen LogP contribution < -0.4 is 0 Å². The Balaban J connectivity index is 1.96. The third-order valence-electron chi connectivity index (χ3n) is 6.60. The van der Waals surface area contributed by atoms with Crippen LogP contribution in [0.15, 0.2) is 48.5 Å². The second-order valence-electron chi connectivity index (χ2n) is 10.7. The lowest BCUT2D eigenvalue weighted by Crippen LogP contribution is -2.29. The van der Waals surface area contributed by atoms with E-state index in [2.05, 4.69) is 11.8 Å². The summed E-state index contributed by atoms with van der Waals surface area (Å²) in [7, 11) is 0. The molecule has 5 heteroatoms. The monoisotopic (exact) mass is 504 g/mol. The van der Waals surface area contributed by atoms with Gasteiger partial charge in [0.25, 0.3) is 0 Å². The molecule has 0 saturated heterocycles. The minimum Gasteiger partial charge on any atom is -0.479 e. The number of halogens is 1. The molecule has 4 rings (SSSR count). The van der Waals surface area contributed by atoms with Crippen LogP contribution >= 0.6 is 11.6 Å². The zero-order chi connectivity index (χ0) is 26.1. The van der Waals surface area contributed by atoms with Crippen molar-refractivity contribution in [1.29, 1.82) is 0 Å². The molecular weight excluding hydrogens is 472 g/mol. The smallest absolute Gasteiger partial charge is 0.337 e. The van der Waals surface area contributed by atoms with Gasteiger partial charge in [-0.15, -0.1) is 0 Å². The summed E-state index contributed by atoms with van der Waals surface area (Å²) in [5, 5.41) is 23.5. The van der Waals surface area contributed by atoms with E-state index < -0.39 is 23.3 Å². The van der Waals surface area contributed by atoms with Gasteiger partial charge in [-0.2, -0.15) is 0 Å². The fourth-order valence-electron chi connectivity index (χ4n) is 4.93. The number of hydrogen-bond acceptors (Lipinski definition) is 3. The molecule has 1 aliphatic rings. The third kappa shape index (κ3) is 5.93. The Bertz CT molecular complexity index is 1330. The van der Waals surface area contributed by atoms with E-state index in [1.54, 1.807) is 12.1 Å². The van der Waals surface area contributed by atoms with E-state index in [0.717, 1.165) is 52.3 Å². The number of aliphatic hydroxyl groups is 1. The van der Waals surface area contributed by atoms with Gasteiger partial charge >= 0.3 is 5.97 Å². The number of aliphatic carboxylic acids is 1. The molecule has 0 amide bonds. The number of carboxylic acids is 1. The van der Waals surface area contributed by atoms with Gasteiger partial charge in [0, 0.05) is 16.1 Å². The predicted octanol–water partition coefficient (Wildman–Crippen LogP) is 7.46. The largest absolute Gasteiger partial charge is 0.479 e. The van der Waals surface area contributed by atoms with E-state index in [1.807, 2.05) is 64.1 Å². The lowest BCUT2D eigenvalue weighted by molar-refractivity contribution is -0.160. The average molecular weight is 505 g/mol. The maximum absolute atomic E-state index is 12.5. The molecule has 1 fully saturated rings. The molecule has 188 valence electrons. The van der Waals surface area contributed by atoms with E-state index in [4.69, 9.17) is 16.3 Å². The Morgan fingerprint density at radius 3 is 2.33 bits per heavy atom. The van der Waals surface area contributed by atoms with Crippen LogP contribution in [0.25, 0.3) is 21.9 Å². The summed E-state index contributed by atoms with van der Waals surface area (Å²) in [6.07, 6.45) is 3.33. The molecule has 0 radical (unpaired) electrons. The van der Waals surface area contributed by atoms with Crippen LogP contribution in [0.5, 0.6) is 0 Å². The number of hydrogen-bond donors (Lipinski definition) is 2. The highest BCUT2D eigenvalue weighted by molar-refractivity contribution is 6.30. The molecule has 0 bridgehead atoms. The Kier molecular flexibility index (Phi) is 7.48. The minimum atomic E-state index is -1.15. The van der Waals surface area contributed by atoms with Crippen LogP contribution in [-0.2, 0) is 9.53 Å². The van der Waals surface area contributed by atoms with Crippen LogP contribution in [0.3, 0.4) is 0 Å². The summed E-state index contributed by atoms with van der Waals surface area (Å²) >= 11 is 6.18. The van der Waals surface area contributed by atoms with Gasteiger partial charge in [-0.25, -0.2) is 4.79 Å². The van der Waals surface area contributed by atoms with Crippen molar-refractivity contribution in [3.05, 3.63) is 70.2 Å². The number of ether oxygens (including phenoxy) is 1. The Morgan fingerprint density at radius 1 is 1.06 bits per heavy atom. The molecule has 3 aromatic carbocycles. The summed E-state index contributed by atoms with van der Waals surface area (Å²) in [6.45, 7) is 7.48. The van der Waals surface area contributed by atoms with Gasteiger partial charge in [0.1, 0.15) is 5.60 Å². The molecule has 2 N–H and O–H groups in total. The first-order valence-electron chi connectivity index (χ1n) is 12.5. The van der Waals surface area contributed by atoms with Crippen LogP contribution in [-0.4, -0.2) is 27.4 Å². The topological polar surface area (TPSA) is 66.8 Å². The summed E-state index contributed by atoms with van der Waals surface area (Å²) < 4.78 is 6.08. The number of carboxylic acid groups (broad SMARTS) is 1. The van der Waals surface area contributed by atoms with Gasteiger partial charge < -0.3 is 14.9 Å². The molecular formula is C31H33ClO4. The highest BCUT2D eigenvalue weighted by Crippen LogP contribution is 2.41. The summed E-state index contributed by atoms with van der Waals surface area (Å²) in [5.41, 5.74) is 2.25. The van der Waals surface area contributed by atoms with Gasteiger partial charge in [-0.05, 0) is 105 Å². The van der Waals surface area contributed by atoms with Crippen molar-refractivity contribution in [3.8, 4) is 23.0 Å². The van der Waals surface area contributed by atoms with E-state index in [9.17, 15) is 15.0 Å². The number of benzene rings is 3. The molecule has 1 aliphatic carbocycles. The fourth-order valence-corrected chi connectivity index (χ4v) is 5.06. The number of rotatable bonds is 4. The van der Waals surface area contributed by atoms with Crippen molar-refractivity contribution >= 4 is 28.3 Å². The Hall–Kier alpha value is -2.84. The van der Waals surface area contributed by atoms with Crippen molar-refractivity contribution in [2.75, 3.05) is 0 Å². The highest BCUT2D eigenvalue weighted by atomic mass is 35.5. The van der Waals surface area contributed by atoms with Gasteiger partial charge in [-0.3, -0.25) is 0 Å². The molecule has 4 nitrogen and oxygen atoms in total. The molecule has 0 aromatic heterocycles. The summed E-state index contributed by atoms with van der Waals surface area (Å²) in [4.78, 5) is 12.5. The maximum Gasteiger partial charge on any atom is 0.337 e. The molecule has 1 unspecified atom stereocenters. The Morgan fingerprint density at radius 2 is 1.72 bits per heavy atom.